The van der Waals surface area contributed by atoms with Gasteiger partial charge in [-0.3, -0.25) is 14.4 Å². The molecule has 0 aromatic carbocycles. The zero-order valence-corrected chi connectivity index (χ0v) is 45.8. The molecule has 69 heavy (non-hydrogen) atoms. The summed E-state index contributed by atoms with van der Waals surface area (Å²) >= 11 is 0. The van der Waals surface area contributed by atoms with Gasteiger partial charge in [-0.25, -0.2) is 0 Å². The summed E-state index contributed by atoms with van der Waals surface area (Å²) in [6.45, 7) is 6.52. The zero-order valence-electron chi connectivity index (χ0n) is 45.8. The third-order valence-corrected chi connectivity index (χ3v) is 13.1. The van der Waals surface area contributed by atoms with Crippen LogP contribution in [-0.4, -0.2) is 37.2 Å². The minimum Gasteiger partial charge on any atom is -0.462 e. The maximum atomic E-state index is 12.9. The first-order chi connectivity index (χ1) is 34.0. The van der Waals surface area contributed by atoms with E-state index in [0.717, 1.165) is 89.9 Å². The van der Waals surface area contributed by atoms with E-state index in [1.165, 1.54) is 173 Å². The van der Waals surface area contributed by atoms with Crippen LogP contribution in [0.5, 0.6) is 0 Å². The average molecular weight is 966 g/mol. The van der Waals surface area contributed by atoms with Gasteiger partial charge in [-0.2, -0.15) is 0 Å². The molecule has 0 aliphatic carbocycles. The van der Waals surface area contributed by atoms with Gasteiger partial charge in [0.05, 0.1) is 0 Å². The lowest BCUT2D eigenvalue weighted by Crippen LogP contribution is -2.30. The molecule has 0 amide bonds. The van der Waals surface area contributed by atoms with Crippen LogP contribution in [-0.2, 0) is 28.6 Å². The van der Waals surface area contributed by atoms with Crippen molar-refractivity contribution < 1.29 is 28.6 Å². The van der Waals surface area contributed by atoms with Gasteiger partial charge in [0.15, 0.2) is 6.10 Å². The Morgan fingerprint density at radius 1 is 0.304 bits per heavy atom. The molecular weight excluding hydrogens is 853 g/mol. The Kier molecular flexibility index (Phi) is 55.3. The average Bonchev–Trinajstić information content (AvgIpc) is 3.35. The molecule has 0 aromatic heterocycles. The van der Waals surface area contributed by atoms with Crippen LogP contribution in [0.25, 0.3) is 0 Å². The predicted molar refractivity (Wildman–Crippen MR) is 298 cm³/mol. The van der Waals surface area contributed by atoms with Crippen molar-refractivity contribution in [3.05, 3.63) is 60.8 Å². The van der Waals surface area contributed by atoms with E-state index in [2.05, 4.69) is 81.5 Å². The van der Waals surface area contributed by atoms with Gasteiger partial charge in [0.2, 0.25) is 0 Å². The molecule has 0 aliphatic heterocycles. The molecule has 0 rings (SSSR count). The van der Waals surface area contributed by atoms with Crippen molar-refractivity contribution in [2.75, 3.05) is 13.2 Å². The largest absolute Gasteiger partial charge is 0.462 e. The Labute approximate surface area is 428 Å². The molecule has 0 radical (unpaired) electrons. The van der Waals surface area contributed by atoms with E-state index in [1.54, 1.807) is 0 Å². The van der Waals surface area contributed by atoms with Gasteiger partial charge in [0, 0.05) is 19.3 Å². The number of rotatable bonds is 54. The summed E-state index contributed by atoms with van der Waals surface area (Å²) in [4.78, 5) is 38.2. The van der Waals surface area contributed by atoms with Crippen molar-refractivity contribution >= 4 is 17.9 Å². The lowest BCUT2D eigenvalue weighted by atomic mass is 10.0. The van der Waals surface area contributed by atoms with Crippen LogP contribution in [0.15, 0.2) is 60.8 Å². The van der Waals surface area contributed by atoms with Crippen LogP contribution < -0.4 is 0 Å². The van der Waals surface area contributed by atoms with Crippen LogP contribution in [0.4, 0.5) is 0 Å². The second-order valence-corrected chi connectivity index (χ2v) is 20.0. The third-order valence-electron chi connectivity index (χ3n) is 13.1. The summed E-state index contributed by atoms with van der Waals surface area (Å²) in [7, 11) is 0. The normalized spacial score (nSPS) is 12.4. The first kappa shape index (κ1) is 66.1. The van der Waals surface area contributed by atoms with Crippen LogP contribution in [0, 0.1) is 0 Å². The van der Waals surface area contributed by atoms with Crippen molar-refractivity contribution in [3.63, 3.8) is 0 Å². The number of unbranched alkanes of at least 4 members (excludes halogenated alkanes) is 36. The molecule has 0 heterocycles. The Balaban J connectivity index is 4.39. The molecule has 0 aromatic rings. The van der Waals surface area contributed by atoms with E-state index < -0.39 is 6.10 Å². The topological polar surface area (TPSA) is 78.9 Å². The summed E-state index contributed by atoms with van der Waals surface area (Å²) < 4.78 is 16.9. The first-order valence-electron chi connectivity index (χ1n) is 29.8. The number of allylic oxidation sites excluding steroid dienone is 10. The van der Waals surface area contributed by atoms with Gasteiger partial charge in [0.25, 0.3) is 0 Å². The lowest BCUT2D eigenvalue weighted by Gasteiger charge is -2.18. The van der Waals surface area contributed by atoms with Crippen LogP contribution in [0.2, 0.25) is 0 Å². The molecule has 0 N–H and O–H groups in total. The number of carbonyl (C=O) groups excluding carboxylic acids is 3. The highest BCUT2D eigenvalue weighted by Gasteiger charge is 2.19. The number of carbonyl (C=O) groups is 3. The van der Waals surface area contributed by atoms with Gasteiger partial charge < -0.3 is 14.2 Å². The number of hydrogen-bond donors (Lipinski definition) is 0. The summed E-state index contributed by atoms with van der Waals surface area (Å²) in [5.74, 6) is -0.894. The fourth-order valence-electron chi connectivity index (χ4n) is 8.61. The molecule has 6 nitrogen and oxygen atoms in total. The third kappa shape index (κ3) is 55.9. The monoisotopic (exact) mass is 965 g/mol. The number of ether oxygens (including phenoxy) is 3. The molecule has 0 bridgehead atoms. The SMILES string of the molecule is CC\C=C/C=C\C=C/CCCCCCCCCC(=O)OCC(COC(=O)CCCCCCC/C=C\C=C/CCCCCCCCC)OC(=O)CCCCCCCCCCCCCCCCCCCC. The van der Waals surface area contributed by atoms with Gasteiger partial charge >= 0.3 is 17.9 Å². The van der Waals surface area contributed by atoms with Gasteiger partial charge in [-0.15, -0.1) is 0 Å². The summed E-state index contributed by atoms with van der Waals surface area (Å²) in [5, 5.41) is 0. The number of hydrogen-bond acceptors (Lipinski definition) is 6. The summed E-state index contributed by atoms with van der Waals surface area (Å²) in [6, 6.07) is 0. The molecule has 6 heteroatoms. The van der Waals surface area contributed by atoms with E-state index in [1.807, 2.05) is 0 Å². The van der Waals surface area contributed by atoms with E-state index in [9.17, 15) is 14.4 Å². The van der Waals surface area contributed by atoms with Crippen LogP contribution in [0.1, 0.15) is 303 Å². The molecule has 1 unspecified atom stereocenters. The second kappa shape index (κ2) is 57.7. The Bertz CT molecular complexity index is 1250. The quantitative estimate of drug-likeness (QED) is 0.0262. The fraction of sp³-hybridized carbons (Fsp3) is 0.794. The molecule has 0 saturated heterocycles. The van der Waals surface area contributed by atoms with Crippen LogP contribution >= 0.6 is 0 Å². The summed E-state index contributed by atoms with van der Waals surface area (Å²) in [6.07, 6.45) is 72.1. The van der Waals surface area contributed by atoms with Crippen molar-refractivity contribution in [3.8, 4) is 0 Å². The number of esters is 3. The van der Waals surface area contributed by atoms with E-state index in [-0.39, 0.29) is 31.1 Å². The van der Waals surface area contributed by atoms with E-state index >= 15 is 0 Å². The van der Waals surface area contributed by atoms with Crippen molar-refractivity contribution in [1.82, 2.24) is 0 Å². The van der Waals surface area contributed by atoms with Crippen molar-refractivity contribution in [2.24, 2.45) is 0 Å². The Hall–Kier alpha value is -2.89. The maximum Gasteiger partial charge on any atom is 0.306 e. The molecule has 0 fully saturated rings. The highest BCUT2D eigenvalue weighted by Crippen LogP contribution is 2.17. The summed E-state index contributed by atoms with van der Waals surface area (Å²) in [5.41, 5.74) is 0. The second-order valence-electron chi connectivity index (χ2n) is 20.0. The molecule has 0 aliphatic rings. The van der Waals surface area contributed by atoms with Crippen molar-refractivity contribution in [2.45, 2.75) is 309 Å². The van der Waals surface area contributed by atoms with E-state index in [0.29, 0.717) is 19.3 Å². The highest BCUT2D eigenvalue weighted by atomic mass is 16.6. The molecule has 0 spiro atoms. The van der Waals surface area contributed by atoms with Crippen LogP contribution in [0.3, 0.4) is 0 Å². The predicted octanol–water partition coefficient (Wildman–Crippen LogP) is 20.0. The lowest BCUT2D eigenvalue weighted by molar-refractivity contribution is -0.167. The standard InChI is InChI=1S/C63H112O6/c1-4-7-10-13-16-19-22-25-28-30-32-35-38-41-44-47-50-53-56-62(65)68-59-60(58-67-61(64)55-52-49-46-43-40-37-34-27-24-21-18-15-12-9-6-3)69-63(66)57-54-51-48-45-42-39-36-33-31-29-26-23-20-17-14-11-8-5-2/h9,12,15,18,21,24,28,30,32,35,60H,4-8,10-11,13-14,16-17,19-20,22-23,25-27,29,31,33-34,36-59H2,1-3H3/b12-9-,18-15-,24-21-,30-28-,35-32-. The fourth-order valence-corrected chi connectivity index (χ4v) is 8.61. The Morgan fingerprint density at radius 2 is 0.565 bits per heavy atom. The minimum atomic E-state index is -0.784. The molecule has 1 atom stereocenters. The smallest absolute Gasteiger partial charge is 0.306 e. The van der Waals surface area contributed by atoms with Gasteiger partial charge in [0.1, 0.15) is 13.2 Å². The maximum absolute atomic E-state index is 12.9. The molecule has 400 valence electrons. The van der Waals surface area contributed by atoms with Crippen molar-refractivity contribution in [1.29, 1.82) is 0 Å². The highest BCUT2D eigenvalue weighted by molar-refractivity contribution is 5.71. The van der Waals surface area contributed by atoms with Gasteiger partial charge in [-0.05, 0) is 64.2 Å². The molecular formula is C63H112O6. The van der Waals surface area contributed by atoms with E-state index in [4.69, 9.17) is 14.2 Å². The first-order valence-corrected chi connectivity index (χ1v) is 29.8. The molecule has 0 saturated carbocycles. The zero-order chi connectivity index (χ0) is 50.0. The van der Waals surface area contributed by atoms with Gasteiger partial charge in [-0.1, -0.05) is 281 Å². The Morgan fingerprint density at radius 3 is 0.884 bits per heavy atom. The minimum absolute atomic E-state index is 0.0832.